The van der Waals surface area contributed by atoms with E-state index in [0.29, 0.717) is 18.6 Å². The molecule has 28 heavy (non-hydrogen) atoms. The number of carbonyl (C=O) groups is 1. The van der Waals surface area contributed by atoms with Crippen molar-refractivity contribution in [2.75, 3.05) is 19.8 Å². The lowest BCUT2D eigenvalue weighted by Crippen LogP contribution is -2.48. The third kappa shape index (κ3) is 4.88. The molecular formula is C20H22FNO5S. The molecule has 8 heteroatoms. The Morgan fingerprint density at radius 3 is 2.46 bits per heavy atom. The Balaban J connectivity index is 1.58. The number of sulfonamides is 1. The molecule has 0 aliphatic carbocycles. The number of esters is 1. The second-order valence-corrected chi connectivity index (χ2v) is 8.30. The summed E-state index contributed by atoms with van der Waals surface area (Å²) in [7, 11) is -3.77. The normalized spacial score (nSPS) is 17.8. The molecule has 1 atom stereocenters. The van der Waals surface area contributed by atoms with Crippen LogP contribution in [0.1, 0.15) is 19.3 Å². The van der Waals surface area contributed by atoms with Gasteiger partial charge in [0.05, 0.1) is 4.90 Å². The van der Waals surface area contributed by atoms with Gasteiger partial charge in [-0.3, -0.25) is 4.79 Å². The van der Waals surface area contributed by atoms with Crippen molar-refractivity contribution in [2.24, 2.45) is 0 Å². The first-order chi connectivity index (χ1) is 13.5. The lowest BCUT2D eigenvalue weighted by Gasteiger charge is -2.33. The molecule has 0 unspecified atom stereocenters. The Morgan fingerprint density at radius 1 is 1.04 bits per heavy atom. The molecule has 1 heterocycles. The number of hydrogen-bond donors (Lipinski definition) is 0. The summed E-state index contributed by atoms with van der Waals surface area (Å²) in [4.78, 5) is 12.7. The van der Waals surface area contributed by atoms with Gasteiger partial charge in [0.25, 0.3) is 0 Å². The Bertz CT molecular complexity index is 887. The first-order valence-electron chi connectivity index (χ1n) is 9.10. The predicted molar refractivity (Wildman–Crippen MR) is 101 cm³/mol. The third-order valence-electron chi connectivity index (χ3n) is 4.49. The van der Waals surface area contributed by atoms with Crippen LogP contribution in [0.2, 0.25) is 0 Å². The van der Waals surface area contributed by atoms with Crippen LogP contribution < -0.4 is 4.74 Å². The van der Waals surface area contributed by atoms with Crippen molar-refractivity contribution in [1.29, 1.82) is 0 Å². The Labute approximate surface area is 163 Å². The standard InChI is InChI=1S/C20H22FNO5S/c21-16-9-11-17(12-10-16)26-14-15-27-20(23)19-8-4-5-13-22(19)28(24,25)18-6-2-1-3-7-18/h1-3,6-7,9-12,19H,4-5,8,13-15H2/t19-/m1/s1. The van der Waals surface area contributed by atoms with E-state index in [1.54, 1.807) is 18.2 Å². The SMILES string of the molecule is O=C(OCCOc1ccc(F)cc1)[C@H]1CCCCN1S(=O)(=O)c1ccccc1. The number of halogens is 1. The zero-order valence-electron chi connectivity index (χ0n) is 15.3. The van der Waals surface area contributed by atoms with Gasteiger partial charge in [0, 0.05) is 6.54 Å². The molecule has 0 spiro atoms. The van der Waals surface area contributed by atoms with Crippen LogP contribution in [-0.4, -0.2) is 44.5 Å². The van der Waals surface area contributed by atoms with Crippen LogP contribution in [0.5, 0.6) is 5.75 Å². The molecule has 1 aliphatic rings. The highest BCUT2D eigenvalue weighted by Gasteiger charge is 2.38. The van der Waals surface area contributed by atoms with E-state index in [9.17, 15) is 17.6 Å². The van der Waals surface area contributed by atoms with Gasteiger partial charge in [0.1, 0.15) is 30.8 Å². The number of benzene rings is 2. The van der Waals surface area contributed by atoms with Gasteiger partial charge >= 0.3 is 5.97 Å². The highest BCUT2D eigenvalue weighted by molar-refractivity contribution is 7.89. The summed E-state index contributed by atoms with van der Waals surface area (Å²) in [6.07, 6.45) is 1.87. The van der Waals surface area contributed by atoms with Gasteiger partial charge in [-0.2, -0.15) is 4.31 Å². The smallest absolute Gasteiger partial charge is 0.324 e. The highest BCUT2D eigenvalue weighted by atomic mass is 32.2. The third-order valence-corrected chi connectivity index (χ3v) is 6.41. The summed E-state index contributed by atoms with van der Waals surface area (Å²) in [5.74, 6) is -0.485. The maximum absolute atomic E-state index is 12.9. The number of nitrogens with zero attached hydrogens (tertiary/aromatic N) is 1. The minimum absolute atomic E-state index is 0.0219. The van der Waals surface area contributed by atoms with E-state index in [1.165, 1.54) is 40.7 Å². The van der Waals surface area contributed by atoms with Crippen LogP contribution in [0, 0.1) is 5.82 Å². The minimum atomic E-state index is -3.77. The largest absolute Gasteiger partial charge is 0.490 e. The Morgan fingerprint density at radius 2 is 1.75 bits per heavy atom. The summed E-state index contributed by atoms with van der Waals surface area (Å²) in [5.41, 5.74) is 0. The first kappa shape index (κ1) is 20.3. The van der Waals surface area contributed by atoms with Crippen LogP contribution >= 0.6 is 0 Å². The van der Waals surface area contributed by atoms with Crippen LogP contribution in [0.3, 0.4) is 0 Å². The van der Waals surface area contributed by atoms with Crippen molar-refractivity contribution < 1.29 is 27.1 Å². The number of piperidine rings is 1. The fraction of sp³-hybridized carbons (Fsp3) is 0.350. The summed E-state index contributed by atoms with van der Waals surface area (Å²) < 4.78 is 50.5. The topological polar surface area (TPSA) is 72.9 Å². The second-order valence-electron chi connectivity index (χ2n) is 6.41. The molecule has 2 aromatic rings. The van der Waals surface area contributed by atoms with E-state index in [-0.39, 0.29) is 30.5 Å². The molecule has 1 aliphatic heterocycles. The molecule has 1 fully saturated rings. The quantitative estimate of drug-likeness (QED) is 0.521. The lowest BCUT2D eigenvalue weighted by molar-refractivity contribution is -0.149. The molecule has 0 saturated carbocycles. The summed E-state index contributed by atoms with van der Waals surface area (Å²) in [6.45, 7) is 0.352. The molecule has 0 radical (unpaired) electrons. The summed E-state index contributed by atoms with van der Waals surface area (Å²) in [5, 5.41) is 0. The molecule has 3 rings (SSSR count). The number of hydrogen-bond acceptors (Lipinski definition) is 5. The summed E-state index contributed by atoms with van der Waals surface area (Å²) >= 11 is 0. The van der Waals surface area contributed by atoms with Crippen LogP contribution in [0.25, 0.3) is 0 Å². The molecule has 0 aromatic heterocycles. The fourth-order valence-corrected chi connectivity index (χ4v) is 4.75. The Hall–Kier alpha value is -2.45. The summed E-state index contributed by atoms with van der Waals surface area (Å²) in [6, 6.07) is 12.7. The van der Waals surface area contributed by atoms with Gasteiger partial charge in [-0.1, -0.05) is 18.2 Å². The van der Waals surface area contributed by atoms with Gasteiger partial charge in [-0.05, 0) is 55.7 Å². The van der Waals surface area contributed by atoms with Gasteiger partial charge in [-0.15, -0.1) is 0 Å². The van der Waals surface area contributed by atoms with Crippen molar-refractivity contribution in [3.8, 4) is 5.75 Å². The number of rotatable bonds is 7. The molecule has 0 bridgehead atoms. The molecule has 0 N–H and O–H groups in total. The number of ether oxygens (including phenoxy) is 2. The molecule has 1 saturated heterocycles. The zero-order chi connectivity index (χ0) is 20.0. The van der Waals surface area contributed by atoms with E-state index in [4.69, 9.17) is 9.47 Å². The van der Waals surface area contributed by atoms with Crippen LogP contribution in [0.15, 0.2) is 59.5 Å². The van der Waals surface area contributed by atoms with Gasteiger partial charge < -0.3 is 9.47 Å². The molecule has 0 amide bonds. The lowest BCUT2D eigenvalue weighted by atomic mass is 10.1. The van der Waals surface area contributed by atoms with E-state index in [2.05, 4.69) is 0 Å². The van der Waals surface area contributed by atoms with Gasteiger partial charge in [-0.25, -0.2) is 12.8 Å². The second kappa shape index (κ2) is 9.16. The first-order valence-corrected chi connectivity index (χ1v) is 10.5. The van der Waals surface area contributed by atoms with E-state index < -0.39 is 22.0 Å². The van der Waals surface area contributed by atoms with Crippen LogP contribution in [0.4, 0.5) is 4.39 Å². The molecular weight excluding hydrogens is 385 g/mol. The van der Waals surface area contributed by atoms with Crippen molar-refractivity contribution in [2.45, 2.75) is 30.2 Å². The maximum atomic E-state index is 12.9. The van der Waals surface area contributed by atoms with E-state index >= 15 is 0 Å². The monoisotopic (exact) mass is 407 g/mol. The maximum Gasteiger partial charge on any atom is 0.324 e. The minimum Gasteiger partial charge on any atom is -0.490 e. The van der Waals surface area contributed by atoms with Gasteiger partial charge in [0.2, 0.25) is 10.0 Å². The average Bonchev–Trinajstić information content (AvgIpc) is 2.73. The Kier molecular flexibility index (Phi) is 6.64. The number of carbonyl (C=O) groups excluding carboxylic acids is 1. The predicted octanol–water partition coefficient (Wildman–Crippen LogP) is 2.99. The molecule has 150 valence electrons. The van der Waals surface area contributed by atoms with Crippen molar-refractivity contribution in [3.05, 3.63) is 60.4 Å². The van der Waals surface area contributed by atoms with E-state index in [0.717, 1.165) is 6.42 Å². The van der Waals surface area contributed by atoms with Gasteiger partial charge in [0.15, 0.2) is 0 Å². The average molecular weight is 407 g/mol. The van der Waals surface area contributed by atoms with E-state index in [1.807, 2.05) is 0 Å². The van der Waals surface area contributed by atoms with Crippen molar-refractivity contribution in [1.82, 2.24) is 4.31 Å². The molecule has 2 aromatic carbocycles. The zero-order valence-corrected chi connectivity index (χ0v) is 16.1. The molecule has 6 nitrogen and oxygen atoms in total. The van der Waals surface area contributed by atoms with Crippen molar-refractivity contribution in [3.63, 3.8) is 0 Å². The fourth-order valence-electron chi connectivity index (χ4n) is 3.08. The van der Waals surface area contributed by atoms with Crippen molar-refractivity contribution >= 4 is 16.0 Å². The highest BCUT2D eigenvalue weighted by Crippen LogP contribution is 2.26. The van der Waals surface area contributed by atoms with Crippen LogP contribution in [-0.2, 0) is 19.6 Å².